The highest BCUT2D eigenvalue weighted by Crippen LogP contribution is 2.39. The lowest BCUT2D eigenvalue weighted by molar-refractivity contribution is -0.386. The lowest BCUT2D eigenvalue weighted by Crippen LogP contribution is -2.45. The zero-order valence-corrected chi connectivity index (χ0v) is 11.4. The highest BCUT2D eigenvalue weighted by molar-refractivity contribution is 5.57. The zero-order valence-electron chi connectivity index (χ0n) is 11.4. The molecule has 1 aromatic carbocycles. The SMILES string of the molecule is CC[C@H](c1cc(O)c(O)c([N+](=O)[O-])c1)N1CCNCC1. The van der Waals surface area contributed by atoms with E-state index in [0.29, 0.717) is 5.56 Å². The fourth-order valence-electron chi connectivity index (χ4n) is 2.66. The van der Waals surface area contributed by atoms with Crippen molar-refractivity contribution >= 4 is 5.69 Å². The number of nitro groups is 1. The van der Waals surface area contributed by atoms with Crippen LogP contribution in [0.2, 0.25) is 0 Å². The molecule has 1 saturated heterocycles. The van der Waals surface area contributed by atoms with Gasteiger partial charge in [-0.25, -0.2) is 0 Å². The zero-order chi connectivity index (χ0) is 14.7. The highest BCUT2D eigenvalue weighted by atomic mass is 16.6. The van der Waals surface area contributed by atoms with Crippen molar-refractivity contribution in [2.75, 3.05) is 26.2 Å². The summed E-state index contributed by atoms with van der Waals surface area (Å²) in [6.45, 7) is 5.47. The van der Waals surface area contributed by atoms with Crippen LogP contribution in [0.4, 0.5) is 5.69 Å². The van der Waals surface area contributed by atoms with E-state index < -0.39 is 22.1 Å². The summed E-state index contributed by atoms with van der Waals surface area (Å²) in [5.41, 5.74) is 0.213. The van der Waals surface area contributed by atoms with Crippen LogP contribution in [0.3, 0.4) is 0 Å². The second-order valence-corrected chi connectivity index (χ2v) is 4.87. The fourth-order valence-corrected chi connectivity index (χ4v) is 2.66. The van der Waals surface area contributed by atoms with Crippen molar-refractivity contribution < 1.29 is 15.1 Å². The Morgan fingerprint density at radius 1 is 1.40 bits per heavy atom. The van der Waals surface area contributed by atoms with Crippen molar-refractivity contribution in [3.05, 3.63) is 27.8 Å². The molecule has 20 heavy (non-hydrogen) atoms. The van der Waals surface area contributed by atoms with E-state index in [0.717, 1.165) is 32.6 Å². The molecule has 1 fully saturated rings. The quantitative estimate of drug-likeness (QED) is 0.438. The summed E-state index contributed by atoms with van der Waals surface area (Å²) in [4.78, 5) is 12.5. The molecule has 1 aliphatic heterocycles. The van der Waals surface area contributed by atoms with Crippen molar-refractivity contribution in [3.63, 3.8) is 0 Å². The third-order valence-electron chi connectivity index (χ3n) is 3.65. The number of benzene rings is 1. The average molecular weight is 281 g/mol. The third kappa shape index (κ3) is 2.83. The molecule has 0 aliphatic carbocycles. The molecule has 7 nitrogen and oxygen atoms in total. The standard InChI is InChI=1S/C13H19N3O4/c1-2-10(15-5-3-14-4-6-15)9-7-11(16(19)20)13(18)12(17)8-9/h7-8,10,14,17-18H,2-6H2,1H3/t10-/m1/s1. The topological polar surface area (TPSA) is 98.9 Å². The Morgan fingerprint density at radius 3 is 2.60 bits per heavy atom. The molecule has 3 N–H and O–H groups in total. The number of hydrogen-bond acceptors (Lipinski definition) is 6. The number of phenols is 2. The molecule has 1 aliphatic rings. The summed E-state index contributed by atoms with van der Waals surface area (Å²) in [6, 6.07) is 2.77. The molecular weight excluding hydrogens is 262 g/mol. The van der Waals surface area contributed by atoms with E-state index in [-0.39, 0.29) is 6.04 Å². The molecule has 1 atom stereocenters. The molecule has 110 valence electrons. The summed E-state index contributed by atoms with van der Waals surface area (Å²) in [5.74, 6) is -1.11. The number of hydrogen-bond donors (Lipinski definition) is 3. The molecule has 0 amide bonds. The normalized spacial score (nSPS) is 17.9. The van der Waals surface area contributed by atoms with E-state index >= 15 is 0 Å². The molecule has 1 aromatic rings. The van der Waals surface area contributed by atoms with Gasteiger partial charge >= 0.3 is 5.69 Å². The van der Waals surface area contributed by atoms with E-state index in [1.54, 1.807) is 0 Å². The van der Waals surface area contributed by atoms with Gasteiger partial charge < -0.3 is 15.5 Å². The summed E-state index contributed by atoms with van der Waals surface area (Å²) in [7, 11) is 0. The molecule has 7 heteroatoms. The van der Waals surface area contributed by atoms with Crippen LogP contribution in [0.1, 0.15) is 24.9 Å². The average Bonchev–Trinajstić information content (AvgIpc) is 2.44. The lowest BCUT2D eigenvalue weighted by Gasteiger charge is -2.34. The van der Waals surface area contributed by atoms with Gasteiger partial charge in [0.25, 0.3) is 0 Å². The summed E-state index contributed by atoms with van der Waals surface area (Å²) in [6.07, 6.45) is 0.779. The summed E-state index contributed by atoms with van der Waals surface area (Å²) < 4.78 is 0. The number of nitrogens with zero attached hydrogens (tertiary/aromatic N) is 2. The first-order chi connectivity index (χ1) is 9.54. The van der Waals surface area contributed by atoms with Gasteiger partial charge in [0.1, 0.15) is 0 Å². The van der Waals surface area contributed by atoms with Crippen LogP contribution in [0.15, 0.2) is 12.1 Å². The maximum absolute atomic E-state index is 10.9. The van der Waals surface area contributed by atoms with Crippen LogP contribution < -0.4 is 5.32 Å². The van der Waals surface area contributed by atoms with Gasteiger partial charge in [-0.3, -0.25) is 15.0 Å². The number of piperazine rings is 1. The summed E-state index contributed by atoms with van der Waals surface area (Å²) in [5, 5.41) is 33.4. The minimum atomic E-state index is -0.678. The Hall–Kier alpha value is -1.86. The lowest BCUT2D eigenvalue weighted by atomic mass is 10.0. The van der Waals surface area contributed by atoms with Gasteiger partial charge in [0, 0.05) is 38.3 Å². The smallest absolute Gasteiger partial charge is 0.314 e. The maximum Gasteiger partial charge on any atom is 0.314 e. The molecule has 1 heterocycles. The first-order valence-corrected chi connectivity index (χ1v) is 6.69. The van der Waals surface area contributed by atoms with Crippen LogP contribution in [-0.4, -0.2) is 46.2 Å². The Labute approximate surface area is 117 Å². The van der Waals surface area contributed by atoms with Gasteiger partial charge in [0.2, 0.25) is 5.75 Å². The molecule has 2 rings (SSSR count). The fraction of sp³-hybridized carbons (Fsp3) is 0.538. The Balaban J connectivity index is 2.36. The van der Waals surface area contributed by atoms with Crippen LogP contribution in [0.25, 0.3) is 0 Å². The van der Waals surface area contributed by atoms with Crippen molar-refractivity contribution in [2.24, 2.45) is 0 Å². The predicted octanol–water partition coefficient (Wildman–Crippen LogP) is 1.36. The van der Waals surface area contributed by atoms with Gasteiger partial charge in [-0.2, -0.15) is 0 Å². The molecule has 0 spiro atoms. The largest absolute Gasteiger partial charge is 0.504 e. The van der Waals surface area contributed by atoms with Crippen molar-refractivity contribution in [1.82, 2.24) is 10.2 Å². The molecule has 0 saturated carbocycles. The number of aromatic hydroxyl groups is 2. The monoisotopic (exact) mass is 281 g/mol. The molecule has 0 unspecified atom stereocenters. The number of nitrogens with one attached hydrogen (secondary N) is 1. The van der Waals surface area contributed by atoms with Gasteiger partial charge in [0.15, 0.2) is 5.75 Å². The second kappa shape index (κ2) is 6.06. The van der Waals surface area contributed by atoms with Gasteiger partial charge in [-0.15, -0.1) is 0 Å². The first kappa shape index (κ1) is 14.5. The molecule has 0 radical (unpaired) electrons. The first-order valence-electron chi connectivity index (χ1n) is 6.69. The van der Waals surface area contributed by atoms with E-state index in [2.05, 4.69) is 10.2 Å². The minimum absolute atomic E-state index is 0.00213. The van der Waals surface area contributed by atoms with Crippen LogP contribution in [0, 0.1) is 10.1 Å². The number of phenolic OH excluding ortho intramolecular Hbond substituents is 2. The second-order valence-electron chi connectivity index (χ2n) is 4.87. The van der Waals surface area contributed by atoms with Gasteiger partial charge in [0.05, 0.1) is 4.92 Å². The molecular formula is C13H19N3O4. The van der Waals surface area contributed by atoms with Crippen molar-refractivity contribution in [3.8, 4) is 11.5 Å². The van der Waals surface area contributed by atoms with Crippen LogP contribution >= 0.6 is 0 Å². The predicted molar refractivity (Wildman–Crippen MR) is 73.9 cm³/mol. The van der Waals surface area contributed by atoms with E-state index in [4.69, 9.17) is 0 Å². The molecule has 0 aromatic heterocycles. The van der Waals surface area contributed by atoms with Gasteiger partial charge in [-0.1, -0.05) is 6.92 Å². The third-order valence-corrected chi connectivity index (χ3v) is 3.65. The van der Waals surface area contributed by atoms with E-state index in [1.807, 2.05) is 6.92 Å². The number of rotatable bonds is 4. The van der Waals surface area contributed by atoms with Crippen LogP contribution in [-0.2, 0) is 0 Å². The maximum atomic E-state index is 10.9. The number of nitro benzene ring substituents is 1. The van der Waals surface area contributed by atoms with Crippen molar-refractivity contribution in [2.45, 2.75) is 19.4 Å². The van der Waals surface area contributed by atoms with E-state index in [9.17, 15) is 20.3 Å². The Kier molecular flexibility index (Phi) is 4.41. The summed E-state index contributed by atoms with van der Waals surface area (Å²) >= 11 is 0. The Morgan fingerprint density at radius 2 is 2.05 bits per heavy atom. The molecule has 0 bridgehead atoms. The Bertz CT molecular complexity index is 501. The van der Waals surface area contributed by atoms with E-state index in [1.165, 1.54) is 12.1 Å². The van der Waals surface area contributed by atoms with Gasteiger partial charge in [-0.05, 0) is 18.1 Å². The van der Waals surface area contributed by atoms with Crippen molar-refractivity contribution in [1.29, 1.82) is 0 Å². The minimum Gasteiger partial charge on any atom is -0.504 e. The highest BCUT2D eigenvalue weighted by Gasteiger charge is 2.26. The van der Waals surface area contributed by atoms with Crippen LogP contribution in [0.5, 0.6) is 11.5 Å².